The van der Waals surface area contributed by atoms with Gasteiger partial charge in [0, 0.05) is 18.8 Å². The Morgan fingerprint density at radius 2 is 1.78 bits per heavy atom. The van der Waals surface area contributed by atoms with E-state index in [9.17, 15) is 5.11 Å². The summed E-state index contributed by atoms with van der Waals surface area (Å²) in [5.74, 6) is 1.74. The smallest absolute Gasteiger partial charge is 0.161 e. The fourth-order valence-corrected chi connectivity index (χ4v) is 2.21. The van der Waals surface area contributed by atoms with E-state index in [1.54, 1.807) is 12.1 Å². The standard InChI is InChI=1S/C18H24N2O3/c1-4-22-17-7-5-6-8-18(17)23-12-11-20(3)13-15-16(21)10-9-14(2)19-15/h5-10,21H,4,11-13H2,1-3H3. The second-order valence-electron chi connectivity index (χ2n) is 5.38. The zero-order chi connectivity index (χ0) is 16.7. The average Bonchev–Trinajstić information content (AvgIpc) is 2.53. The van der Waals surface area contributed by atoms with Gasteiger partial charge in [-0.3, -0.25) is 9.88 Å². The number of aromatic hydroxyl groups is 1. The van der Waals surface area contributed by atoms with E-state index in [-0.39, 0.29) is 5.75 Å². The monoisotopic (exact) mass is 316 g/mol. The molecule has 0 saturated carbocycles. The summed E-state index contributed by atoms with van der Waals surface area (Å²) in [6, 6.07) is 11.1. The number of hydrogen-bond donors (Lipinski definition) is 1. The number of likely N-dealkylation sites (N-methyl/N-ethyl adjacent to an activating group) is 1. The van der Waals surface area contributed by atoms with E-state index in [4.69, 9.17) is 9.47 Å². The third kappa shape index (κ3) is 5.14. The van der Waals surface area contributed by atoms with Gasteiger partial charge in [-0.25, -0.2) is 0 Å². The summed E-state index contributed by atoms with van der Waals surface area (Å²) in [7, 11) is 1.97. The summed E-state index contributed by atoms with van der Waals surface area (Å²) >= 11 is 0. The predicted octanol–water partition coefficient (Wildman–Crippen LogP) is 3.01. The summed E-state index contributed by atoms with van der Waals surface area (Å²) < 4.78 is 11.3. The lowest BCUT2D eigenvalue weighted by atomic mass is 10.2. The van der Waals surface area contributed by atoms with E-state index in [0.717, 1.165) is 23.7 Å². The molecule has 0 saturated heterocycles. The Morgan fingerprint density at radius 1 is 1.09 bits per heavy atom. The van der Waals surface area contributed by atoms with Crippen LogP contribution in [0.1, 0.15) is 18.3 Å². The first-order chi connectivity index (χ1) is 11.1. The molecule has 0 aliphatic carbocycles. The minimum Gasteiger partial charge on any atom is -0.506 e. The fraction of sp³-hybridized carbons (Fsp3) is 0.389. The maximum Gasteiger partial charge on any atom is 0.161 e. The summed E-state index contributed by atoms with van der Waals surface area (Å²) in [4.78, 5) is 6.43. The average molecular weight is 316 g/mol. The van der Waals surface area contributed by atoms with E-state index in [2.05, 4.69) is 9.88 Å². The van der Waals surface area contributed by atoms with Crippen LogP contribution in [0.5, 0.6) is 17.2 Å². The molecule has 1 aromatic heterocycles. The highest BCUT2D eigenvalue weighted by Crippen LogP contribution is 2.26. The fourth-order valence-electron chi connectivity index (χ4n) is 2.21. The SMILES string of the molecule is CCOc1ccccc1OCCN(C)Cc1nc(C)ccc1O. The van der Waals surface area contributed by atoms with E-state index < -0.39 is 0 Å². The minimum atomic E-state index is 0.227. The van der Waals surface area contributed by atoms with Crippen LogP contribution < -0.4 is 9.47 Å². The number of pyridine rings is 1. The third-order valence-electron chi connectivity index (χ3n) is 3.39. The van der Waals surface area contributed by atoms with Crippen LogP contribution in [0.3, 0.4) is 0 Å². The van der Waals surface area contributed by atoms with E-state index >= 15 is 0 Å². The molecule has 2 aromatic rings. The largest absolute Gasteiger partial charge is 0.506 e. The molecular formula is C18H24N2O3. The highest BCUT2D eigenvalue weighted by molar-refractivity contribution is 5.39. The molecule has 5 nitrogen and oxygen atoms in total. The molecule has 0 atom stereocenters. The molecule has 124 valence electrons. The predicted molar refractivity (Wildman–Crippen MR) is 90.1 cm³/mol. The Balaban J connectivity index is 1.85. The molecule has 0 aliphatic heterocycles. The van der Waals surface area contributed by atoms with Gasteiger partial charge in [0.2, 0.25) is 0 Å². The molecule has 0 aliphatic rings. The summed E-state index contributed by atoms with van der Waals surface area (Å²) in [6.45, 7) is 6.30. The first kappa shape index (κ1) is 17.1. The molecule has 0 spiro atoms. The number of nitrogens with zero attached hydrogens (tertiary/aromatic N) is 2. The summed E-state index contributed by atoms with van der Waals surface area (Å²) in [6.07, 6.45) is 0. The van der Waals surface area contributed by atoms with Crippen LogP contribution in [0.2, 0.25) is 0 Å². The summed E-state index contributed by atoms with van der Waals surface area (Å²) in [5, 5.41) is 9.85. The first-order valence-electron chi connectivity index (χ1n) is 7.78. The van der Waals surface area contributed by atoms with Crippen molar-refractivity contribution >= 4 is 0 Å². The lowest BCUT2D eigenvalue weighted by molar-refractivity contribution is 0.220. The molecule has 5 heteroatoms. The number of benzene rings is 1. The van der Waals surface area contributed by atoms with Crippen molar-refractivity contribution in [3.63, 3.8) is 0 Å². The maximum atomic E-state index is 9.85. The summed E-state index contributed by atoms with van der Waals surface area (Å²) in [5.41, 5.74) is 1.58. The number of rotatable bonds is 8. The van der Waals surface area contributed by atoms with Gasteiger partial charge in [0.25, 0.3) is 0 Å². The number of aromatic nitrogens is 1. The number of aryl methyl sites for hydroxylation is 1. The molecule has 1 aromatic carbocycles. The van der Waals surface area contributed by atoms with Gasteiger partial charge < -0.3 is 14.6 Å². The Bertz CT molecular complexity index is 631. The van der Waals surface area contributed by atoms with Crippen molar-refractivity contribution in [2.45, 2.75) is 20.4 Å². The number of hydrogen-bond acceptors (Lipinski definition) is 5. The Hall–Kier alpha value is -2.27. The Labute approximate surface area is 137 Å². The maximum absolute atomic E-state index is 9.85. The van der Waals surface area contributed by atoms with E-state index in [0.29, 0.717) is 25.5 Å². The molecule has 0 fully saturated rings. The van der Waals surface area contributed by atoms with E-state index in [1.165, 1.54) is 0 Å². The molecular weight excluding hydrogens is 292 g/mol. The number of para-hydroxylation sites is 2. The lowest BCUT2D eigenvalue weighted by Crippen LogP contribution is -2.24. The molecule has 0 amide bonds. The van der Waals surface area contributed by atoms with Crippen LogP contribution in [0, 0.1) is 6.92 Å². The number of ether oxygens (including phenoxy) is 2. The molecule has 23 heavy (non-hydrogen) atoms. The van der Waals surface area contributed by atoms with Crippen molar-refractivity contribution in [1.82, 2.24) is 9.88 Å². The van der Waals surface area contributed by atoms with Crippen molar-refractivity contribution in [1.29, 1.82) is 0 Å². The Morgan fingerprint density at radius 3 is 2.48 bits per heavy atom. The van der Waals surface area contributed by atoms with Gasteiger partial charge >= 0.3 is 0 Å². The van der Waals surface area contributed by atoms with Crippen molar-refractivity contribution in [2.75, 3.05) is 26.8 Å². The van der Waals surface area contributed by atoms with Crippen LogP contribution in [-0.4, -0.2) is 41.8 Å². The highest BCUT2D eigenvalue weighted by atomic mass is 16.5. The minimum absolute atomic E-state index is 0.227. The van der Waals surface area contributed by atoms with E-state index in [1.807, 2.05) is 45.2 Å². The quantitative estimate of drug-likeness (QED) is 0.811. The van der Waals surface area contributed by atoms with Crippen molar-refractivity contribution in [3.05, 3.63) is 47.8 Å². The van der Waals surface area contributed by atoms with Crippen molar-refractivity contribution in [2.24, 2.45) is 0 Å². The third-order valence-corrected chi connectivity index (χ3v) is 3.39. The van der Waals surface area contributed by atoms with Gasteiger partial charge in [-0.2, -0.15) is 0 Å². The zero-order valence-electron chi connectivity index (χ0n) is 14.0. The second-order valence-corrected chi connectivity index (χ2v) is 5.38. The second kappa shape index (κ2) is 8.39. The molecule has 1 heterocycles. The van der Waals surface area contributed by atoms with Crippen LogP contribution in [0.15, 0.2) is 36.4 Å². The molecule has 2 rings (SSSR count). The Kier molecular flexibility index (Phi) is 6.23. The zero-order valence-corrected chi connectivity index (χ0v) is 14.0. The van der Waals surface area contributed by atoms with Gasteiger partial charge in [0.15, 0.2) is 11.5 Å². The van der Waals surface area contributed by atoms with Gasteiger partial charge in [-0.15, -0.1) is 0 Å². The van der Waals surface area contributed by atoms with Gasteiger partial charge in [0.05, 0.1) is 12.3 Å². The van der Waals surface area contributed by atoms with Gasteiger partial charge in [0.1, 0.15) is 12.4 Å². The molecule has 0 bridgehead atoms. The molecule has 1 N–H and O–H groups in total. The van der Waals surface area contributed by atoms with Gasteiger partial charge in [-0.05, 0) is 45.2 Å². The van der Waals surface area contributed by atoms with Crippen LogP contribution >= 0.6 is 0 Å². The van der Waals surface area contributed by atoms with Crippen molar-refractivity contribution in [3.8, 4) is 17.2 Å². The lowest BCUT2D eigenvalue weighted by Gasteiger charge is -2.18. The molecule has 0 unspecified atom stereocenters. The van der Waals surface area contributed by atoms with Gasteiger partial charge in [-0.1, -0.05) is 12.1 Å². The first-order valence-corrected chi connectivity index (χ1v) is 7.78. The molecule has 0 radical (unpaired) electrons. The van der Waals surface area contributed by atoms with Crippen LogP contribution in [-0.2, 0) is 6.54 Å². The normalized spacial score (nSPS) is 10.8. The van der Waals surface area contributed by atoms with Crippen molar-refractivity contribution < 1.29 is 14.6 Å². The van der Waals surface area contributed by atoms with Crippen LogP contribution in [0.25, 0.3) is 0 Å². The van der Waals surface area contributed by atoms with Crippen LogP contribution in [0.4, 0.5) is 0 Å². The topological polar surface area (TPSA) is 54.8 Å². The highest BCUT2D eigenvalue weighted by Gasteiger charge is 2.08.